The van der Waals surface area contributed by atoms with E-state index in [1.807, 2.05) is 7.05 Å². The molecule has 6 heteroatoms. The minimum atomic E-state index is 0.0108. The summed E-state index contributed by atoms with van der Waals surface area (Å²) in [6.45, 7) is 4.53. The lowest BCUT2D eigenvalue weighted by atomic mass is 9.81. The summed E-state index contributed by atoms with van der Waals surface area (Å²) in [6, 6.07) is 0. The highest BCUT2D eigenvalue weighted by molar-refractivity contribution is 5.78. The summed E-state index contributed by atoms with van der Waals surface area (Å²) in [6.07, 6.45) is 4.22. The van der Waals surface area contributed by atoms with Crippen molar-refractivity contribution < 1.29 is 19.1 Å². The largest absolute Gasteiger partial charge is 0.377 e. The summed E-state index contributed by atoms with van der Waals surface area (Å²) in [5.74, 6) is 1.04. The number of Topliss-reactive ketones (excluding diaryl/α,β-unsaturated/α-hetero) is 1. The van der Waals surface area contributed by atoms with Crippen LogP contribution in [0.5, 0.6) is 0 Å². The molecule has 0 unspecified atom stereocenters. The van der Waals surface area contributed by atoms with Crippen LogP contribution in [0, 0.1) is 11.8 Å². The van der Waals surface area contributed by atoms with Gasteiger partial charge in [0.15, 0.2) is 5.78 Å². The van der Waals surface area contributed by atoms with Gasteiger partial charge in [-0.05, 0) is 52.1 Å². The van der Waals surface area contributed by atoms with Gasteiger partial charge in [-0.1, -0.05) is 0 Å². The predicted octanol–water partition coefficient (Wildman–Crippen LogP) is 0.751. The zero-order valence-electron chi connectivity index (χ0n) is 13.9. The van der Waals surface area contributed by atoms with Crippen LogP contribution in [0.3, 0.4) is 0 Å². The maximum Gasteiger partial charge on any atom is 0.223 e. The van der Waals surface area contributed by atoms with E-state index < -0.39 is 0 Å². The van der Waals surface area contributed by atoms with Gasteiger partial charge in [0.2, 0.25) is 5.91 Å². The first-order chi connectivity index (χ1) is 10.6. The van der Waals surface area contributed by atoms with Crippen molar-refractivity contribution in [1.29, 1.82) is 0 Å². The summed E-state index contributed by atoms with van der Waals surface area (Å²) in [5, 5.41) is 6.14. The molecule has 128 valence electrons. The topological polar surface area (TPSA) is 76.7 Å². The molecule has 0 aromatic heterocycles. The standard InChI is InChI=1S/C16H30N2O4/c1-13(19)12-22-10-9-21-8-7-18-16(20)15-5-3-14(4-6-15)11-17-2/h14-15,17H,3-12H2,1-2H3,(H,18,20)/t14-,15-. The Morgan fingerprint density at radius 2 is 1.73 bits per heavy atom. The average molecular weight is 314 g/mol. The summed E-state index contributed by atoms with van der Waals surface area (Å²) < 4.78 is 10.4. The van der Waals surface area contributed by atoms with Crippen molar-refractivity contribution in [1.82, 2.24) is 10.6 Å². The SMILES string of the molecule is CNC[C@H]1CC[C@H](C(=O)NCCOCCOCC(C)=O)CC1. The van der Waals surface area contributed by atoms with Crippen LogP contribution >= 0.6 is 0 Å². The van der Waals surface area contributed by atoms with Gasteiger partial charge in [0.25, 0.3) is 0 Å². The maximum atomic E-state index is 12.0. The maximum absolute atomic E-state index is 12.0. The first-order valence-corrected chi connectivity index (χ1v) is 8.20. The normalized spacial score (nSPS) is 21.5. The summed E-state index contributed by atoms with van der Waals surface area (Å²) in [4.78, 5) is 22.7. The van der Waals surface area contributed by atoms with Gasteiger partial charge < -0.3 is 20.1 Å². The Bertz CT molecular complexity index is 328. The van der Waals surface area contributed by atoms with Gasteiger partial charge >= 0.3 is 0 Å². The highest BCUT2D eigenvalue weighted by Gasteiger charge is 2.25. The third-order valence-electron chi connectivity index (χ3n) is 3.93. The van der Waals surface area contributed by atoms with E-state index >= 15 is 0 Å². The molecule has 0 aromatic carbocycles. The molecular formula is C16H30N2O4. The minimum Gasteiger partial charge on any atom is -0.377 e. The molecule has 6 nitrogen and oxygen atoms in total. The van der Waals surface area contributed by atoms with Crippen LogP contribution in [0.2, 0.25) is 0 Å². The predicted molar refractivity (Wildman–Crippen MR) is 84.7 cm³/mol. The number of hydrogen-bond acceptors (Lipinski definition) is 5. The molecule has 1 saturated carbocycles. The molecular weight excluding hydrogens is 284 g/mol. The number of ether oxygens (including phenoxy) is 2. The van der Waals surface area contributed by atoms with Crippen molar-refractivity contribution in [2.45, 2.75) is 32.6 Å². The van der Waals surface area contributed by atoms with Crippen molar-refractivity contribution in [3.8, 4) is 0 Å². The molecule has 0 aromatic rings. The van der Waals surface area contributed by atoms with Gasteiger partial charge in [0.05, 0.1) is 19.8 Å². The lowest BCUT2D eigenvalue weighted by molar-refractivity contribution is -0.126. The molecule has 0 saturated heterocycles. The van der Waals surface area contributed by atoms with Gasteiger partial charge in [0, 0.05) is 12.5 Å². The minimum absolute atomic E-state index is 0.0108. The Balaban J connectivity index is 1.97. The Morgan fingerprint density at radius 3 is 2.36 bits per heavy atom. The smallest absolute Gasteiger partial charge is 0.223 e. The second kappa shape index (κ2) is 11.6. The average Bonchev–Trinajstić information content (AvgIpc) is 2.50. The Hall–Kier alpha value is -0.980. The van der Waals surface area contributed by atoms with Crippen LogP contribution in [-0.2, 0) is 19.1 Å². The fraction of sp³-hybridized carbons (Fsp3) is 0.875. The molecule has 1 aliphatic rings. The second-order valence-electron chi connectivity index (χ2n) is 5.93. The zero-order valence-corrected chi connectivity index (χ0v) is 13.9. The summed E-state index contributed by atoms with van der Waals surface area (Å²) in [5.41, 5.74) is 0. The fourth-order valence-corrected chi connectivity index (χ4v) is 2.74. The number of carbonyl (C=O) groups is 2. The molecule has 0 spiro atoms. The molecule has 1 aliphatic carbocycles. The van der Waals surface area contributed by atoms with Gasteiger partial charge in [-0.2, -0.15) is 0 Å². The lowest BCUT2D eigenvalue weighted by Crippen LogP contribution is -2.36. The number of nitrogens with one attached hydrogen (secondary N) is 2. The highest BCUT2D eigenvalue weighted by Crippen LogP contribution is 2.28. The molecule has 1 rings (SSSR count). The van der Waals surface area contributed by atoms with Crippen molar-refractivity contribution >= 4 is 11.7 Å². The second-order valence-corrected chi connectivity index (χ2v) is 5.93. The van der Waals surface area contributed by atoms with E-state index in [9.17, 15) is 9.59 Å². The monoisotopic (exact) mass is 314 g/mol. The quantitative estimate of drug-likeness (QED) is 0.550. The lowest BCUT2D eigenvalue weighted by Gasteiger charge is -2.27. The highest BCUT2D eigenvalue weighted by atomic mass is 16.5. The zero-order chi connectivity index (χ0) is 16.2. The van der Waals surface area contributed by atoms with Gasteiger partial charge in [-0.3, -0.25) is 9.59 Å². The number of carbonyl (C=O) groups excluding carboxylic acids is 2. The van der Waals surface area contributed by atoms with Crippen LogP contribution < -0.4 is 10.6 Å². The van der Waals surface area contributed by atoms with E-state index in [4.69, 9.17) is 9.47 Å². The molecule has 0 atom stereocenters. The van der Waals surface area contributed by atoms with E-state index in [2.05, 4.69) is 10.6 Å². The molecule has 1 fully saturated rings. The Kier molecular flexibility index (Phi) is 10.0. The van der Waals surface area contributed by atoms with Crippen molar-refractivity contribution in [2.75, 3.05) is 46.6 Å². The van der Waals surface area contributed by atoms with E-state index in [1.54, 1.807) is 0 Å². The molecule has 0 aliphatic heterocycles. The molecule has 1 amide bonds. The van der Waals surface area contributed by atoms with E-state index in [0.717, 1.165) is 32.2 Å². The van der Waals surface area contributed by atoms with Crippen molar-refractivity contribution in [3.63, 3.8) is 0 Å². The van der Waals surface area contributed by atoms with Crippen LogP contribution in [0.1, 0.15) is 32.6 Å². The van der Waals surface area contributed by atoms with Crippen molar-refractivity contribution in [3.05, 3.63) is 0 Å². The number of amides is 1. The fourth-order valence-electron chi connectivity index (χ4n) is 2.74. The number of rotatable bonds is 11. The van der Waals surface area contributed by atoms with Crippen LogP contribution in [0.25, 0.3) is 0 Å². The van der Waals surface area contributed by atoms with Gasteiger partial charge in [-0.15, -0.1) is 0 Å². The first kappa shape index (κ1) is 19.1. The first-order valence-electron chi connectivity index (χ1n) is 8.20. The van der Waals surface area contributed by atoms with E-state index in [-0.39, 0.29) is 24.2 Å². The Morgan fingerprint density at radius 1 is 1.05 bits per heavy atom. The molecule has 0 bridgehead atoms. The number of ketones is 1. The van der Waals surface area contributed by atoms with Gasteiger partial charge in [0.1, 0.15) is 6.61 Å². The molecule has 0 radical (unpaired) electrons. The summed E-state index contributed by atoms with van der Waals surface area (Å²) in [7, 11) is 1.98. The molecule has 2 N–H and O–H groups in total. The van der Waals surface area contributed by atoms with E-state index in [1.165, 1.54) is 6.92 Å². The van der Waals surface area contributed by atoms with Crippen LogP contribution in [0.4, 0.5) is 0 Å². The van der Waals surface area contributed by atoms with Crippen molar-refractivity contribution in [2.24, 2.45) is 11.8 Å². The molecule has 22 heavy (non-hydrogen) atoms. The van der Waals surface area contributed by atoms with E-state index in [0.29, 0.717) is 32.3 Å². The third-order valence-corrected chi connectivity index (χ3v) is 3.93. The van der Waals surface area contributed by atoms with Crippen LogP contribution in [-0.4, -0.2) is 58.3 Å². The van der Waals surface area contributed by atoms with Crippen LogP contribution in [0.15, 0.2) is 0 Å². The third kappa shape index (κ3) is 8.46. The number of hydrogen-bond donors (Lipinski definition) is 2. The Labute approximate surface area is 133 Å². The molecule has 0 heterocycles. The van der Waals surface area contributed by atoms with Gasteiger partial charge in [-0.25, -0.2) is 0 Å². The summed E-state index contributed by atoms with van der Waals surface area (Å²) >= 11 is 0.